The highest BCUT2D eigenvalue weighted by atomic mass is 16.6. The molecule has 6 nitrogen and oxygen atoms in total. The van der Waals surface area contributed by atoms with E-state index in [1.54, 1.807) is 6.07 Å². The first kappa shape index (κ1) is 17.2. The van der Waals surface area contributed by atoms with E-state index in [0.717, 1.165) is 11.1 Å². The molecule has 0 bridgehead atoms. The average Bonchev–Trinajstić information content (AvgIpc) is 2.67. The topological polar surface area (TPSA) is 84.3 Å². The van der Waals surface area contributed by atoms with E-state index < -0.39 is 11.0 Å². The lowest BCUT2D eigenvalue weighted by atomic mass is 9.99. The molecular formula is C20H17N3O3. The van der Waals surface area contributed by atoms with E-state index in [-0.39, 0.29) is 11.7 Å². The molecule has 0 aromatic heterocycles. The molecular weight excluding hydrogens is 330 g/mol. The summed E-state index contributed by atoms with van der Waals surface area (Å²) >= 11 is 0. The van der Waals surface area contributed by atoms with E-state index >= 15 is 0 Å². The van der Waals surface area contributed by atoms with Crippen molar-refractivity contribution in [2.24, 2.45) is 0 Å². The van der Waals surface area contributed by atoms with Gasteiger partial charge in [0, 0.05) is 17.8 Å². The third-order valence-corrected chi connectivity index (χ3v) is 3.86. The highest BCUT2D eigenvalue weighted by molar-refractivity contribution is 5.90. The standard InChI is InChI=1S/C20H17N3O3/c24-20(21-17-12-7-13-18(14-17)23(25)26)22-19(15-8-3-1-4-9-15)16-10-5-2-6-11-16/h1-14,19H,(H2,21,22,24). The van der Waals surface area contributed by atoms with Crippen molar-refractivity contribution in [2.45, 2.75) is 6.04 Å². The van der Waals surface area contributed by atoms with Crippen molar-refractivity contribution in [1.82, 2.24) is 5.32 Å². The Balaban J connectivity index is 1.80. The molecule has 0 atom stereocenters. The van der Waals surface area contributed by atoms with E-state index in [9.17, 15) is 14.9 Å². The molecule has 0 aliphatic heterocycles. The number of amides is 2. The van der Waals surface area contributed by atoms with E-state index in [1.165, 1.54) is 18.2 Å². The minimum atomic E-state index is -0.500. The fraction of sp³-hybridized carbons (Fsp3) is 0.0500. The predicted octanol–water partition coefficient (Wildman–Crippen LogP) is 4.51. The van der Waals surface area contributed by atoms with Gasteiger partial charge in [-0.05, 0) is 17.2 Å². The minimum Gasteiger partial charge on any atom is -0.327 e. The SMILES string of the molecule is O=C(Nc1cccc([N+](=O)[O-])c1)NC(c1ccccc1)c1ccccc1. The number of anilines is 1. The molecule has 3 aromatic carbocycles. The highest BCUT2D eigenvalue weighted by Crippen LogP contribution is 2.22. The summed E-state index contributed by atoms with van der Waals surface area (Å²) in [5.74, 6) is 0. The predicted molar refractivity (Wildman–Crippen MR) is 100.0 cm³/mol. The normalized spacial score (nSPS) is 10.3. The molecule has 3 aromatic rings. The monoisotopic (exact) mass is 347 g/mol. The lowest BCUT2D eigenvalue weighted by Gasteiger charge is -2.20. The molecule has 26 heavy (non-hydrogen) atoms. The van der Waals surface area contributed by atoms with Gasteiger partial charge in [-0.1, -0.05) is 66.7 Å². The summed E-state index contributed by atoms with van der Waals surface area (Å²) in [7, 11) is 0. The Hall–Kier alpha value is -3.67. The van der Waals surface area contributed by atoms with Crippen LogP contribution < -0.4 is 10.6 Å². The highest BCUT2D eigenvalue weighted by Gasteiger charge is 2.17. The van der Waals surface area contributed by atoms with Crippen LogP contribution in [0.5, 0.6) is 0 Å². The van der Waals surface area contributed by atoms with Gasteiger partial charge < -0.3 is 10.6 Å². The first-order chi connectivity index (χ1) is 12.6. The molecule has 0 heterocycles. The molecule has 0 fully saturated rings. The first-order valence-corrected chi connectivity index (χ1v) is 8.05. The summed E-state index contributed by atoms with van der Waals surface area (Å²) in [4.78, 5) is 22.8. The van der Waals surface area contributed by atoms with Crippen LogP contribution in [0.4, 0.5) is 16.2 Å². The number of carbonyl (C=O) groups excluding carboxylic acids is 1. The summed E-state index contributed by atoms with van der Waals surface area (Å²) in [5, 5.41) is 16.4. The van der Waals surface area contributed by atoms with Gasteiger partial charge in [0.05, 0.1) is 11.0 Å². The number of rotatable bonds is 5. The van der Waals surface area contributed by atoms with Crippen LogP contribution in [0.15, 0.2) is 84.9 Å². The number of nitrogens with zero attached hydrogens (tertiary/aromatic N) is 1. The summed E-state index contributed by atoms with van der Waals surface area (Å²) in [6, 6.07) is 24.2. The molecule has 0 unspecified atom stereocenters. The molecule has 3 rings (SSSR count). The zero-order valence-electron chi connectivity index (χ0n) is 13.8. The van der Waals surface area contributed by atoms with Crippen LogP contribution in [0.25, 0.3) is 0 Å². The van der Waals surface area contributed by atoms with Gasteiger partial charge in [0.15, 0.2) is 0 Å². The van der Waals surface area contributed by atoms with Crippen molar-refractivity contribution >= 4 is 17.4 Å². The van der Waals surface area contributed by atoms with Crippen molar-refractivity contribution in [1.29, 1.82) is 0 Å². The minimum absolute atomic E-state index is 0.0783. The second kappa shape index (κ2) is 7.94. The zero-order chi connectivity index (χ0) is 18.4. The fourth-order valence-electron chi connectivity index (χ4n) is 2.65. The van der Waals surface area contributed by atoms with Gasteiger partial charge in [0.1, 0.15) is 0 Å². The number of urea groups is 1. The van der Waals surface area contributed by atoms with Gasteiger partial charge in [-0.2, -0.15) is 0 Å². The third kappa shape index (κ3) is 4.24. The second-order valence-corrected chi connectivity index (χ2v) is 5.66. The van der Waals surface area contributed by atoms with Crippen LogP contribution in [0.3, 0.4) is 0 Å². The first-order valence-electron chi connectivity index (χ1n) is 8.05. The number of hydrogen-bond acceptors (Lipinski definition) is 3. The molecule has 2 amide bonds. The smallest absolute Gasteiger partial charge is 0.319 e. The van der Waals surface area contributed by atoms with E-state index in [2.05, 4.69) is 10.6 Å². The number of benzene rings is 3. The Kier molecular flexibility index (Phi) is 5.24. The fourth-order valence-corrected chi connectivity index (χ4v) is 2.65. The Morgan fingerprint density at radius 3 is 1.96 bits per heavy atom. The van der Waals surface area contributed by atoms with Gasteiger partial charge >= 0.3 is 6.03 Å². The van der Waals surface area contributed by atoms with Crippen LogP contribution in [0.1, 0.15) is 17.2 Å². The second-order valence-electron chi connectivity index (χ2n) is 5.66. The summed E-state index contributed by atoms with van der Waals surface area (Å²) in [5.41, 5.74) is 2.16. The number of nitrogens with one attached hydrogen (secondary N) is 2. The molecule has 6 heteroatoms. The Bertz CT molecular complexity index is 859. The average molecular weight is 347 g/mol. The number of hydrogen-bond donors (Lipinski definition) is 2. The molecule has 0 radical (unpaired) electrons. The van der Waals surface area contributed by atoms with Crippen molar-refractivity contribution in [3.05, 3.63) is 106 Å². The summed E-state index contributed by atoms with van der Waals surface area (Å²) in [6.07, 6.45) is 0. The summed E-state index contributed by atoms with van der Waals surface area (Å²) in [6.45, 7) is 0. The molecule has 0 aliphatic rings. The van der Waals surface area contributed by atoms with Crippen molar-refractivity contribution in [3.63, 3.8) is 0 Å². The molecule has 130 valence electrons. The van der Waals surface area contributed by atoms with Crippen LogP contribution in [0, 0.1) is 10.1 Å². The van der Waals surface area contributed by atoms with E-state index in [0.29, 0.717) is 5.69 Å². The maximum Gasteiger partial charge on any atom is 0.319 e. The van der Waals surface area contributed by atoms with Crippen molar-refractivity contribution in [2.75, 3.05) is 5.32 Å². The quantitative estimate of drug-likeness (QED) is 0.526. The van der Waals surface area contributed by atoms with Gasteiger partial charge in [-0.3, -0.25) is 10.1 Å². The van der Waals surface area contributed by atoms with Crippen LogP contribution in [0.2, 0.25) is 0 Å². The third-order valence-electron chi connectivity index (χ3n) is 3.86. The molecule has 0 spiro atoms. The zero-order valence-corrected chi connectivity index (χ0v) is 13.8. The Labute approximate surface area is 150 Å². The number of nitro groups is 1. The van der Waals surface area contributed by atoms with Gasteiger partial charge in [0.2, 0.25) is 0 Å². The van der Waals surface area contributed by atoms with Crippen LogP contribution in [-0.2, 0) is 0 Å². The summed E-state index contributed by atoms with van der Waals surface area (Å²) < 4.78 is 0. The van der Waals surface area contributed by atoms with E-state index in [4.69, 9.17) is 0 Å². The Morgan fingerprint density at radius 2 is 1.42 bits per heavy atom. The van der Waals surface area contributed by atoms with Gasteiger partial charge in [-0.25, -0.2) is 4.79 Å². The van der Waals surface area contributed by atoms with E-state index in [1.807, 2.05) is 60.7 Å². The maximum atomic E-state index is 12.5. The largest absolute Gasteiger partial charge is 0.327 e. The van der Waals surface area contributed by atoms with Gasteiger partial charge in [0.25, 0.3) is 5.69 Å². The lowest BCUT2D eigenvalue weighted by molar-refractivity contribution is -0.384. The molecule has 0 saturated carbocycles. The molecule has 0 saturated heterocycles. The van der Waals surface area contributed by atoms with Crippen LogP contribution in [-0.4, -0.2) is 11.0 Å². The number of carbonyl (C=O) groups is 1. The maximum absolute atomic E-state index is 12.5. The molecule has 0 aliphatic carbocycles. The van der Waals surface area contributed by atoms with Crippen molar-refractivity contribution in [3.8, 4) is 0 Å². The Morgan fingerprint density at radius 1 is 0.846 bits per heavy atom. The lowest BCUT2D eigenvalue weighted by Crippen LogP contribution is -2.33. The molecule has 2 N–H and O–H groups in total. The van der Waals surface area contributed by atoms with Gasteiger partial charge in [-0.15, -0.1) is 0 Å². The number of non-ortho nitro benzene ring substituents is 1. The van der Waals surface area contributed by atoms with Crippen LogP contribution >= 0.6 is 0 Å². The number of nitro benzene ring substituents is 1. The van der Waals surface area contributed by atoms with Crippen molar-refractivity contribution < 1.29 is 9.72 Å².